The monoisotopic (exact) mass is 474 g/mol. The number of sulfonamides is 1. The normalized spacial score (nSPS) is 16.5. The van der Waals surface area contributed by atoms with Crippen molar-refractivity contribution in [2.75, 3.05) is 18.0 Å². The van der Waals surface area contributed by atoms with Gasteiger partial charge in [-0.25, -0.2) is 17.2 Å². The Kier molecular flexibility index (Phi) is 5.35. The molecular formula is C23H20F2N2O3S2. The molecule has 5 nitrogen and oxygen atoms in total. The van der Waals surface area contributed by atoms with Crippen LogP contribution in [-0.2, 0) is 29.4 Å². The van der Waals surface area contributed by atoms with E-state index in [1.807, 2.05) is 24.3 Å². The third-order valence-corrected chi connectivity index (χ3v) is 8.94. The topological polar surface area (TPSA) is 57.7 Å². The average Bonchev–Trinajstić information content (AvgIpc) is 3.29. The summed E-state index contributed by atoms with van der Waals surface area (Å²) in [6, 6.07) is 11.1. The summed E-state index contributed by atoms with van der Waals surface area (Å²) in [5, 5.41) is 1.56. The van der Waals surface area contributed by atoms with Crippen LogP contribution in [0.4, 0.5) is 14.5 Å². The molecule has 0 atom stereocenters. The molecule has 166 valence electrons. The minimum absolute atomic E-state index is 0.0568. The predicted molar refractivity (Wildman–Crippen MR) is 118 cm³/mol. The number of fused-ring (bicyclic) bond motifs is 2. The molecule has 2 aliphatic heterocycles. The average molecular weight is 475 g/mol. The SMILES string of the molecule is O=C(c1sccc1S(=O)(=O)N1CCc2ccccc2C1)N1CCCc2c(F)cc(F)cc21. The van der Waals surface area contributed by atoms with Gasteiger partial charge in [0.05, 0.1) is 5.69 Å². The Labute approximate surface area is 189 Å². The number of benzene rings is 2. The van der Waals surface area contributed by atoms with E-state index in [-0.39, 0.29) is 34.1 Å². The number of halogens is 2. The van der Waals surface area contributed by atoms with Crippen LogP contribution in [0.2, 0.25) is 0 Å². The van der Waals surface area contributed by atoms with Gasteiger partial charge < -0.3 is 4.90 Å². The second-order valence-electron chi connectivity index (χ2n) is 7.92. The summed E-state index contributed by atoms with van der Waals surface area (Å²) >= 11 is 1.03. The van der Waals surface area contributed by atoms with Gasteiger partial charge in [0, 0.05) is 31.3 Å². The Bertz CT molecular complexity index is 1320. The molecule has 0 fully saturated rings. The molecule has 5 rings (SSSR count). The first-order valence-electron chi connectivity index (χ1n) is 10.3. The standard InChI is InChI=1S/C23H20F2N2O3S2/c24-17-12-19(25)18-6-3-9-27(20(18)13-17)23(28)22-21(8-11-31-22)32(29,30)26-10-7-15-4-1-2-5-16(15)14-26/h1-2,4-5,8,11-13H,3,6-7,9-10,14H2. The highest BCUT2D eigenvalue weighted by molar-refractivity contribution is 7.89. The molecule has 9 heteroatoms. The molecule has 0 radical (unpaired) electrons. The molecule has 0 bridgehead atoms. The molecule has 2 aromatic carbocycles. The van der Waals surface area contributed by atoms with E-state index < -0.39 is 27.6 Å². The molecule has 3 heterocycles. The number of nitrogens with zero attached hydrogens (tertiary/aromatic N) is 2. The largest absolute Gasteiger partial charge is 0.307 e. The van der Waals surface area contributed by atoms with E-state index >= 15 is 0 Å². The van der Waals surface area contributed by atoms with Crippen LogP contribution in [0.15, 0.2) is 52.7 Å². The summed E-state index contributed by atoms with van der Waals surface area (Å²) in [5.41, 5.74) is 2.51. The lowest BCUT2D eigenvalue weighted by atomic mass is 10.0. The lowest BCUT2D eigenvalue weighted by Crippen LogP contribution is -2.38. The quantitative estimate of drug-likeness (QED) is 0.567. The van der Waals surface area contributed by atoms with Crippen molar-refractivity contribution >= 4 is 33.0 Å². The van der Waals surface area contributed by atoms with Crippen LogP contribution in [0.25, 0.3) is 0 Å². The van der Waals surface area contributed by atoms with Crippen LogP contribution in [-0.4, -0.2) is 31.7 Å². The Morgan fingerprint density at radius 1 is 1.00 bits per heavy atom. The number of amides is 1. The summed E-state index contributed by atoms with van der Waals surface area (Å²) in [4.78, 5) is 14.7. The maximum Gasteiger partial charge on any atom is 0.269 e. The number of anilines is 1. The van der Waals surface area contributed by atoms with Gasteiger partial charge in [-0.2, -0.15) is 4.31 Å². The van der Waals surface area contributed by atoms with E-state index in [0.29, 0.717) is 25.8 Å². The van der Waals surface area contributed by atoms with Gasteiger partial charge in [0.25, 0.3) is 5.91 Å². The van der Waals surface area contributed by atoms with Crippen LogP contribution in [0.1, 0.15) is 32.8 Å². The van der Waals surface area contributed by atoms with Gasteiger partial charge in [0.1, 0.15) is 21.4 Å². The summed E-state index contributed by atoms with van der Waals surface area (Å²) in [6.45, 7) is 0.833. The maximum atomic E-state index is 14.3. The van der Waals surface area contributed by atoms with E-state index in [1.165, 1.54) is 15.3 Å². The van der Waals surface area contributed by atoms with Crippen LogP contribution < -0.4 is 4.90 Å². The molecule has 0 unspecified atom stereocenters. The van der Waals surface area contributed by atoms with Gasteiger partial charge in [-0.15, -0.1) is 11.3 Å². The lowest BCUT2D eigenvalue weighted by molar-refractivity contribution is 0.0986. The zero-order valence-corrected chi connectivity index (χ0v) is 18.7. The van der Waals surface area contributed by atoms with Crippen LogP contribution in [0, 0.1) is 11.6 Å². The minimum atomic E-state index is -3.92. The third kappa shape index (κ3) is 3.54. The number of carbonyl (C=O) groups is 1. The van der Waals surface area contributed by atoms with Crippen molar-refractivity contribution in [3.05, 3.63) is 81.0 Å². The summed E-state index contributed by atoms with van der Waals surface area (Å²) in [7, 11) is -3.92. The van der Waals surface area contributed by atoms with E-state index in [0.717, 1.165) is 34.6 Å². The highest BCUT2D eigenvalue weighted by atomic mass is 32.2. The van der Waals surface area contributed by atoms with Crippen molar-refractivity contribution in [1.82, 2.24) is 4.31 Å². The van der Waals surface area contributed by atoms with Crippen LogP contribution in [0.5, 0.6) is 0 Å². The van der Waals surface area contributed by atoms with Gasteiger partial charge in [-0.05, 0) is 47.9 Å². The smallest absolute Gasteiger partial charge is 0.269 e. The van der Waals surface area contributed by atoms with E-state index in [9.17, 15) is 22.0 Å². The molecule has 1 amide bonds. The van der Waals surface area contributed by atoms with Crippen molar-refractivity contribution in [3.63, 3.8) is 0 Å². The molecule has 0 saturated carbocycles. The molecule has 3 aromatic rings. The van der Waals surface area contributed by atoms with Crippen molar-refractivity contribution in [3.8, 4) is 0 Å². The Hall–Kier alpha value is -2.62. The van der Waals surface area contributed by atoms with E-state index in [4.69, 9.17) is 0 Å². The van der Waals surface area contributed by atoms with Crippen molar-refractivity contribution < 1.29 is 22.0 Å². The van der Waals surface area contributed by atoms with E-state index in [2.05, 4.69) is 0 Å². The Morgan fingerprint density at radius 2 is 1.78 bits per heavy atom. The molecular weight excluding hydrogens is 454 g/mol. The number of hydrogen-bond donors (Lipinski definition) is 0. The first-order valence-corrected chi connectivity index (χ1v) is 12.6. The highest BCUT2D eigenvalue weighted by Gasteiger charge is 2.35. The van der Waals surface area contributed by atoms with Crippen LogP contribution in [0.3, 0.4) is 0 Å². The molecule has 1 aromatic heterocycles. The molecule has 0 spiro atoms. The van der Waals surface area contributed by atoms with E-state index in [1.54, 1.807) is 5.38 Å². The Morgan fingerprint density at radius 3 is 2.59 bits per heavy atom. The van der Waals surface area contributed by atoms with Gasteiger partial charge in [-0.3, -0.25) is 4.79 Å². The van der Waals surface area contributed by atoms with Gasteiger partial charge in [-0.1, -0.05) is 24.3 Å². The zero-order valence-electron chi connectivity index (χ0n) is 17.1. The minimum Gasteiger partial charge on any atom is -0.307 e. The molecule has 2 aliphatic rings. The number of carbonyl (C=O) groups excluding carboxylic acids is 1. The fourth-order valence-electron chi connectivity index (χ4n) is 4.42. The maximum absolute atomic E-state index is 14.3. The molecule has 0 saturated heterocycles. The molecule has 32 heavy (non-hydrogen) atoms. The molecule has 0 aliphatic carbocycles. The summed E-state index contributed by atoms with van der Waals surface area (Å²) in [5.74, 6) is -2.02. The second kappa shape index (κ2) is 8.06. The molecule has 0 N–H and O–H groups in total. The first kappa shape index (κ1) is 21.2. The second-order valence-corrected chi connectivity index (χ2v) is 10.7. The highest BCUT2D eigenvalue weighted by Crippen LogP contribution is 2.35. The number of thiophene rings is 1. The third-order valence-electron chi connectivity index (χ3n) is 6.02. The van der Waals surface area contributed by atoms with Crippen molar-refractivity contribution in [1.29, 1.82) is 0 Å². The van der Waals surface area contributed by atoms with Gasteiger partial charge >= 0.3 is 0 Å². The van der Waals surface area contributed by atoms with Crippen molar-refractivity contribution in [2.45, 2.75) is 30.7 Å². The van der Waals surface area contributed by atoms with Crippen LogP contribution >= 0.6 is 11.3 Å². The Balaban J connectivity index is 1.49. The van der Waals surface area contributed by atoms with Gasteiger partial charge in [0.2, 0.25) is 10.0 Å². The summed E-state index contributed by atoms with van der Waals surface area (Å²) in [6.07, 6.45) is 1.51. The number of rotatable bonds is 3. The van der Waals surface area contributed by atoms with Crippen molar-refractivity contribution in [2.24, 2.45) is 0 Å². The fraction of sp³-hybridized carbons (Fsp3) is 0.261. The fourth-order valence-corrected chi connectivity index (χ4v) is 7.18. The number of hydrogen-bond acceptors (Lipinski definition) is 4. The zero-order chi connectivity index (χ0) is 22.5. The predicted octanol–water partition coefficient (Wildman–Crippen LogP) is 4.37. The summed E-state index contributed by atoms with van der Waals surface area (Å²) < 4.78 is 56.5. The lowest BCUT2D eigenvalue weighted by Gasteiger charge is -2.31. The first-order chi connectivity index (χ1) is 15.4. The van der Waals surface area contributed by atoms with Gasteiger partial charge in [0.15, 0.2) is 0 Å².